The minimum absolute atomic E-state index is 0.110. The molecule has 0 aliphatic carbocycles. The molecule has 0 heterocycles. The van der Waals surface area contributed by atoms with Gasteiger partial charge in [0, 0.05) is 19.7 Å². The van der Waals surface area contributed by atoms with E-state index in [1.165, 1.54) is 0 Å². The summed E-state index contributed by atoms with van der Waals surface area (Å²) in [6, 6.07) is 0.110. The van der Waals surface area contributed by atoms with E-state index in [9.17, 15) is 4.79 Å². The fourth-order valence-corrected chi connectivity index (χ4v) is 1.03. The van der Waals surface area contributed by atoms with Gasteiger partial charge in [-0.3, -0.25) is 4.79 Å². The van der Waals surface area contributed by atoms with Crippen LogP contribution in [0, 0.1) is 0 Å². The van der Waals surface area contributed by atoms with E-state index in [1.54, 1.807) is 7.11 Å². The Labute approximate surface area is 92.3 Å². The predicted molar refractivity (Wildman–Crippen MR) is 59.8 cm³/mol. The Morgan fingerprint density at radius 1 is 1.47 bits per heavy atom. The minimum atomic E-state index is -0.205. The van der Waals surface area contributed by atoms with Crippen molar-refractivity contribution in [1.82, 2.24) is 5.32 Å². The molecule has 0 aromatic rings. The van der Waals surface area contributed by atoms with Gasteiger partial charge in [0.25, 0.3) is 0 Å². The van der Waals surface area contributed by atoms with Gasteiger partial charge < -0.3 is 14.8 Å². The third-order valence-corrected chi connectivity index (χ3v) is 2.21. The number of carbonyl (C=O) groups is 1. The molecule has 1 N–H and O–H groups in total. The standard InChI is InChI=1S/C11H23NO3/c1-6-15-10(13)7-9(2)12-8-11(3,4)14-5/h9,12H,6-8H2,1-5H3. The predicted octanol–water partition coefficient (Wildman–Crippen LogP) is 1.34. The normalized spacial score (nSPS) is 13.7. The first-order valence-electron chi connectivity index (χ1n) is 5.35. The van der Waals surface area contributed by atoms with Crippen LogP contribution in [-0.2, 0) is 14.3 Å². The molecule has 0 amide bonds. The van der Waals surface area contributed by atoms with Crippen LogP contribution in [0.25, 0.3) is 0 Å². The molecule has 0 radical (unpaired) electrons. The van der Waals surface area contributed by atoms with Gasteiger partial charge in [0.15, 0.2) is 0 Å². The van der Waals surface area contributed by atoms with Gasteiger partial charge in [-0.1, -0.05) is 0 Å². The summed E-state index contributed by atoms with van der Waals surface area (Å²) in [5.74, 6) is -0.160. The summed E-state index contributed by atoms with van der Waals surface area (Å²) in [6.45, 7) is 8.92. The zero-order valence-electron chi connectivity index (χ0n) is 10.4. The Hall–Kier alpha value is -0.610. The largest absolute Gasteiger partial charge is 0.466 e. The van der Waals surface area contributed by atoms with Gasteiger partial charge in [-0.05, 0) is 27.7 Å². The van der Waals surface area contributed by atoms with E-state index < -0.39 is 0 Å². The average molecular weight is 217 g/mol. The number of carbonyl (C=O) groups excluding carboxylic acids is 1. The lowest BCUT2D eigenvalue weighted by Gasteiger charge is -2.25. The second kappa shape index (κ2) is 6.80. The van der Waals surface area contributed by atoms with Crippen LogP contribution in [0.5, 0.6) is 0 Å². The highest BCUT2D eigenvalue weighted by atomic mass is 16.5. The molecule has 90 valence electrons. The smallest absolute Gasteiger partial charge is 0.307 e. The fraction of sp³-hybridized carbons (Fsp3) is 0.909. The van der Waals surface area contributed by atoms with Crippen molar-refractivity contribution in [3.8, 4) is 0 Å². The molecule has 1 atom stereocenters. The lowest BCUT2D eigenvalue weighted by molar-refractivity contribution is -0.143. The monoisotopic (exact) mass is 217 g/mol. The second-order valence-corrected chi connectivity index (χ2v) is 4.25. The van der Waals surface area contributed by atoms with Crippen molar-refractivity contribution in [3.05, 3.63) is 0 Å². The van der Waals surface area contributed by atoms with E-state index in [-0.39, 0.29) is 17.6 Å². The maximum Gasteiger partial charge on any atom is 0.307 e. The van der Waals surface area contributed by atoms with E-state index in [0.717, 1.165) is 0 Å². The first-order chi connectivity index (χ1) is 6.91. The molecule has 0 aliphatic heterocycles. The Bertz CT molecular complexity index is 192. The third kappa shape index (κ3) is 7.33. The highest BCUT2D eigenvalue weighted by Gasteiger charge is 2.18. The Morgan fingerprint density at radius 3 is 2.53 bits per heavy atom. The summed E-state index contributed by atoms with van der Waals surface area (Å²) >= 11 is 0. The van der Waals surface area contributed by atoms with Crippen LogP contribution in [0.4, 0.5) is 0 Å². The number of esters is 1. The van der Waals surface area contributed by atoms with Gasteiger partial charge in [-0.15, -0.1) is 0 Å². The molecule has 0 rings (SSSR count). The van der Waals surface area contributed by atoms with Crippen LogP contribution in [-0.4, -0.2) is 37.9 Å². The summed E-state index contributed by atoms with van der Waals surface area (Å²) in [4.78, 5) is 11.2. The lowest BCUT2D eigenvalue weighted by Crippen LogP contribution is -2.41. The summed E-state index contributed by atoms with van der Waals surface area (Å²) in [5.41, 5.74) is -0.205. The summed E-state index contributed by atoms with van der Waals surface area (Å²) in [5, 5.41) is 3.24. The first-order valence-corrected chi connectivity index (χ1v) is 5.35. The summed E-state index contributed by atoms with van der Waals surface area (Å²) in [7, 11) is 1.68. The van der Waals surface area contributed by atoms with E-state index in [1.807, 2.05) is 27.7 Å². The molecule has 15 heavy (non-hydrogen) atoms. The van der Waals surface area contributed by atoms with Crippen molar-refractivity contribution in [2.45, 2.75) is 45.8 Å². The van der Waals surface area contributed by atoms with Crippen molar-refractivity contribution in [2.75, 3.05) is 20.3 Å². The Morgan fingerprint density at radius 2 is 2.07 bits per heavy atom. The van der Waals surface area contributed by atoms with Gasteiger partial charge in [0.2, 0.25) is 0 Å². The molecular formula is C11H23NO3. The Kier molecular flexibility index (Phi) is 6.52. The van der Waals surface area contributed by atoms with Gasteiger partial charge in [0.05, 0.1) is 18.6 Å². The zero-order valence-corrected chi connectivity index (χ0v) is 10.4. The van der Waals surface area contributed by atoms with Crippen LogP contribution in [0.2, 0.25) is 0 Å². The van der Waals surface area contributed by atoms with E-state index in [0.29, 0.717) is 19.6 Å². The van der Waals surface area contributed by atoms with Crippen molar-refractivity contribution in [3.63, 3.8) is 0 Å². The number of nitrogens with one attached hydrogen (secondary N) is 1. The molecule has 0 fully saturated rings. The fourth-order valence-electron chi connectivity index (χ4n) is 1.03. The maximum atomic E-state index is 11.2. The molecule has 0 aromatic heterocycles. The number of hydrogen-bond acceptors (Lipinski definition) is 4. The van der Waals surface area contributed by atoms with Crippen LogP contribution in [0.15, 0.2) is 0 Å². The molecule has 0 saturated heterocycles. The van der Waals surface area contributed by atoms with Crippen molar-refractivity contribution in [2.24, 2.45) is 0 Å². The van der Waals surface area contributed by atoms with Gasteiger partial charge >= 0.3 is 5.97 Å². The van der Waals surface area contributed by atoms with Crippen molar-refractivity contribution >= 4 is 5.97 Å². The van der Waals surface area contributed by atoms with Crippen LogP contribution < -0.4 is 5.32 Å². The van der Waals surface area contributed by atoms with E-state index in [2.05, 4.69) is 5.32 Å². The molecule has 4 nitrogen and oxygen atoms in total. The quantitative estimate of drug-likeness (QED) is 0.654. The molecule has 4 heteroatoms. The van der Waals surface area contributed by atoms with Crippen molar-refractivity contribution < 1.29 is 14.3 Å². The highest BCUT2D eigenvalue weighted by Crippen LogP contribution is 2.06. The summed E-state index contributed by atoms with van der Waals surface area (Å²) < 4.78 is 10.1. The number of rotatable bonds is 7. The third-order valence-electron chi connectivity index (χ3n) is 2.21. The molecule has 1 unspecified atom stereocenters. The molecule has 0 aliphatic rings. The van der Waals surface area contributed by atoms with Crippen LogP contribution in [0.1, 0.15) is 34.1 Å². The van der Waals surface area contributed by atoms with Gasteiger partial charge in [0.1, 0.15) is 0 Å². The molecule has 0 aromatic carbocycles. The molecule has 0 bridgehead atoms. The van der Waals surface area contributed by atoms with E-state index >= 15 is 0 Å². The maximum absolute atomic E-state index is 11.2. The average Bonchev–Trinajstić information content (AvgIpc) is 2.15. The van der Waals surface area contributed by atoms with Crippen LogP contribution >= 0.6 is 0 Å². The first kappa shape index (κ1) is 14.4. The zero-order chi connectivity index (χ0) is 11.9. The lowest BCUT2D eigenvalue weighted by atomic mass is 10.1. The van der Waals surface area contributed by atoms with Gasteiger partial charge in [-0.25, -0.2) is 0 Å². The van der Waals surface area contributed by atoms with Gasteiger partial charge in [-0.2, -0.15) is 0 Å². The minimum Gasteiger partial charge on any atom is -0.466 e. The van der Waals surface area contributed by atoms with Crippen LogP contribution in [0.3, 0.4) is 0 Å². The van der Waals surface area contributed by atoms with Crippen molar-refractivity contribution in [1.29, 1.82) is 0 Å². The number of ether oxygens (including phenoxy) is 2. The number of hydrogen-bond donors (Lipinski definition) is 1. The molecular weight excluding hydrogens is 194 g/mol. The summed E-state index contributed by atoms with van der Waals surface area (Å²) in [6.07, 6.45) is 0.396. The highest BCUT2D eigenvalue weighted by molar-refractivity contribution is 5.69. The Balaban J connectivity index is 3.75. The topological polar surface area (TPSA) is 47.6 Å². The molecule has 0 spiro atoms. The molecule has 0 saturated carbocycles. The number of methoxy groups -OCH3 is 1. The van der Waals surface area contributed by atoms with E-state index in [4.69, 9.17) is 9.47 Å². The second-order valence-electron chi connectivity index (χ2n) is 4.25. The SMILES string of the molecule is CCOC(=O)CC(C)NCC(C)(C)OC.